The van der Waals surface area contributed by atoms with Gasteiger partial charge in [-0.05, 0) is 85.6 Å². The van der Waals surface area contributed by atoms with E-state index in [1.807, 2.05) is 19.1 Å². The zero-order valence-electron chi connectivity index (χ0n) is 40.7. The number of benzene rings is 6. The van der Waals surface area contributed by atoms with Crippen LogP contribution in [0.4, 0.5) is 0 Å². The molecule has 0 radical (unpaired) electrons. The summed E-state index contributed by atoms with van der Waals surface area (Å²) in [6, 6.07) is 48.2. The first-order chi connectivity index (χ1) is 36.7. The smallest absolute Gasteiger partial charge is 0.338 e. The summed E-state index contributed by atoms with van der Waals surface area (Å²) in [6.45, 7) is 0.963. The Morgan fingerprint density at radius 2 is 0.760 bits per heavy atom. The van der Waals surface area contributed by atoms with Gasteiger partial charge < -0.3 is 47.4 Å². The fraction of sp³-hybridized carbons (Fsp3) is 0.254. The lowest BCUT2D eigenvalue weighted by Gasteiger charge is -2.45. The van der Waals surface area contributed by atoms with Gasteiger partial charge in [-0.1, -0.05) is 128 Å². The number of hydrogen-bond acceptors (Lipinski definition) is 16. The van der Waals surface area contributed by atoms with Crippen LogP contribution in [0.1, 0.15) is 81.9 Å². The van der Waals surface area contributed by atoms with Gasteiger partial charge in [0.05, 0.1) is 53.2 Å². The van der Waals surface area contributed by atoms with Crippen LogP contribution in [-0.4, -0.2) is 111 Å². The maximum Gasteiger partial charge on any atom is 0.338 e. The first-order valence-corrected chi connectivity index (χ1v) is 24.4. The van der Waals surface area contributed by atoms with E-state index < -0.39 is 104 Å². The van der Waals surface area contributed by atoms with Crippen molar-refractivity contribution in [3.8, 4) is 0 Å². The highest BCUT2D eigenvalue weighted by Crippen LogP contribution is 2.34. The molecular formula is C59H54O16. The summed E-state index contributed by atoms with van der Waals surface area (Å²) in [7, 11) is 0. The van der Waals surface area contributed by atoms with Crippen LogP contribution >= 0.6 is 0 Å². The lowest BCUT2D eigenvalue weighted by atomic mass is 9.97. The van der Waals surface area contributed by atoms with E-state index in [4.69, 9.17) is 47.4 Å². The van der Waals surface area contributed by atoms with Gasteiger partial charge in [-0.25, -0.2) is 28.8 Å². The van der Waals surface area contributed by atoms with Crippen LogP contribution in [0.3, 0.4) is 0 Å². The monoisotopic (exact) mass is 1020 g/mol. The molecule has 2 saturated heterocycles. The van der Waals surface area contributed by atoms with Gasteiger partial charge in [0.2, 0.25) is 0 Å². The van der Waals surface area contributed by atoms with E-state index >= 15 is 0 Å². The number of esters is 6. The van der Waals surface area contributed by atoms with Crippen LogP contribution in [0.15, 0.2) is 194 Å². The second-order valence-electron chi connectivity index (χ2n) is 17.1. The summed E-state index contributed by atoms with van der Waals surface area (Å²) in [5, 5.41) is 0. The first-order valence-electron chi connectivity index (χ1n) is 24.4. The molecule has 2 aliphatic rings. The van der Waals surface area contributed by atoms with Crippen molar-refractivity contribution in [3.63, 3.8) is 0 Å². The number of hydrogen-bond donors (Lipinski definition) is 0. The zero-order chi connectivity index (χ0) is 52.4. The summed E-state index contributed by atoms with van der Waals surface area (Å²) < 4.78 is 62.6. The summed E-state index contributed by atoms with van der Waals surface area (Å²) >= 11 is 0. The minimum absolute atomic E-state index is 0.0305. The molecule has 0 N–H and O–H groups in total. The second kappa shape index (κ2) is 26.6. The lowest BCUT2D eigenvalue weighted by Crippen LogP contribution is -2.64. The van der Waals surface area contributed by atoms with E-state index in [9.17, 15) is 28.8 Å². The number of allylic oxidation sites excluding steroid dienone is 1. The number of carbonyl (C=O) groups is 6. The fourth-order valence-electron chi connectivity index (χ4n) is 8.14. The van der Waals surface area contributed by atoms with Gasteiger partial charge in [0.15, 0.2) is 49.2 Å². The minimum Gasteiger partial charge on any atom is -0.452 e. The van der Waals surface area contributed by atoms with Crippen molar-refractivity contribution < 1.29 is 76.1 Å². The van der Waals surface area contributed by atoms with E-state index in [0.29, 0.717) is 6.42 Å². The Morgan fingerprint density at radius 3 is 1.16 bits per heavy atom. The largest absolute Gasteiger partial charge is 0.452 e. The van der Waals surface area contributed by atoms with Gasteiger partial charge in [-0.2, -0.15) is 0 Å². The average Bonchev–Trinajstić information content (AvgIpc) is 3.46. The quantitative estimate of drug-likeness (QED) is 0.0304. The third kappa shape index (κ3) is 14.3. The van der Waals surface area contributed by atoms with Gasteiger partial charge in [-0.15, -0.1) is 0 Å². The van der Waals surface area contributed by atoms with Gasteiger partial charge in [0, 0.05) is 0 Å². The van der Waals surface area contributed by atoms with Crippen LogP contribution in [0.5, 0.6) is 0 Å². The minimum atomic E-state index is -1.66. The SMILES string of the molecule is CC/C=C\CCO[C@@H]1O[C@H](CO[C@@H]2OC[C@H](OC(=O)c3ccccc3)[C@H](OC(=O)c3ccccc3)[C@H]2OC(=O)c2ccccc2)[C@@H](OC(=O)c2ccccc2)[C@H](OC(=O)c2ccccc2)[C@H]1OC(=O)c1ccccc1. The van der Waals surface area contributed by atoms with E-state index in [1.54, 1.807) is 109 Å². The maximum absolute atomic E-state index is 14.2. The van der Waals surface area contributed by atoms with Crippen molar-refractivity contribution in [2.45, 2.75) is 75.1 Å². The molecule has 6 aromatic carbocycles. The molecule has 75 heavy (non-hydrogen) atoms. The van der Waals surface area contributed by atoms with Gasteiger partial charge >= 0.3 is 35.8 Å². The molecule has 16 nitrogen and oxygen atoms in total. The zero-order valence-corrected chi connectivity index (χ0v) is 40.7. The summed E-state index contributed by atoms with van der Waals surface area (Å²) in [6.07, 6.45) is -8.99. The van der Waals surface area contributed by atoms with Gasteiger partial charge in [-0.3, -0.25) is 0 Å². The third-order valence-electron chi connectivity index (χ3n) is 11.9. The molecule has 16 heteroatoms. The highest BCUT2D eigenvalue weighted by atomic mass is 16.8. The van der Waals surface area contributed by atoms with Crippen molar-refractivity contribution >= 4 is 35.8 Å². The standard InChI is InChI=1S/C59H54O16/c1-2-3-4-23-36-66-59-51(75-57(65)44-34-21-10-22-35-44)49(73-55(63)42-30-17-8-18-31-42)47(71-53(61)40-26-13-6-14-27-40)46(70-59)38-68-58-50(74-56(64)43-32-19-9-20-33-43)48(72-54(62)41-28-15-7-16-29-41)45(37-67-58)69-52(60)39-24-11-5-12-25-39/h3-22,24-35,45-51,58-59H,2,23,36-38H2,1H3/b4-3-/t45-,46+,47+,48-,49-,50+,51+,58-,59+/m0/s1. The predicted molar refractivity (Wildman–Crippen MR) is 268 cm³/mol. The van der Waals surface area contributed by atoms with E-state index in [2.05, 4.69) is 0 Å². The first kappa shape index (κ1) is 53.0. The molecule has 0 aliphatic carbocycles. The van der Waals surface area contributed by atoms with Crippen LogP contribution in [0, 0.1) is 0 Å². The van der Waals surface area contributed by atoms with Crippen LogP contribution in [-0.2, 0) is 47.4 Å². The number of rotatable bonds is 20. The molecule has 8 rings (SSSR count). The van der Waals surface area contributed by atoms with Crippen LogP contribution in [0.2, 0.25) is 0 Å². The second-order valence-corrected chi connectivity index (χ2v) is 17.1. The van der Waals surface area contributed by atoms with E-state index in [1.165, 1.54) is 72.8 Å². The Hall–Kier alpha value is -8.28. The normalized spacial score (nSPS) is 22.2. The van der Waals surface area contributed by atoms with Crippen molar-refractivity contribution in [2.75, 3.05) is 19.8 Å². The molecule has 6 aromatic rings. The summed E-state index contributed by atoms with van der Waals surface area (Å²) in [5.74, 6) is -5.07. The molecule has 9 atom stereocenters. The van der Waals surface area contributed by atoms with Crippen molar-refractivity contribution in [1.82, 2.24) is 0 Å². The molecule has 386 valence electrons. The van der Waals surface area contributed by atoms with Crippen LogP contribution < -0.4 is 0 Å². The Balaban J connectivity index is 1.18. The molecule has 0 saturated carbocycles. The molecule has 0 bridgehead atoms. The Kier molecular flexibility index (Phi) is 18.8. The van der Waals surface area contributed by atoms with Crippen molar-refractivity contribution in [3.05, 3.63) is 228 Å². The van der Waals surface area contributed by atoms with Gasteiger partial charge in [0.25, 0.3) is 0 Å². The van der Waals surface area contributed by atoms with Crippen molar-refractivity contribution in [1.29, 1.82) is 0 Å². The Morgan fingerprint density at radius 1 is 0.413 bits per heavy atom. The molecule has 2 fully saturated rings. The summed E-state index contributed by atoms with van der Waals surface area (Å²) in [5.41, 5.74) is 0.824. The average molecular weight is 1020 g/mol. The lowest BCUT2D eigenvalue weighted by molar-refractivity contribution is -0.318. The highest BCUT2D eigenvalue weighted by molar-refractivity contribution is 5.92. The predicted octanol–water partition coefficient (Wildman–Crippen LogP) is 8.81. The van der Waals surface area contributed by atoms with Gasteiger partial charge in [0.1, 0.15) is 6.10 Å². The maximum atomic E-state index is 14.2. The molecule has 0 aromatic heterocycles. The number of carbonyl (C=O) groups excluding carboxylic acids is 6. The summed E-state index contributed by atoms with van der Waals surface area (Å²) in [4.78, 5) is 84.0. The molecular weight excluding hydrogens is 965 g/mol. The molecule has 0 unspecified atom stereocenters. The third-order valence-corrected chi connectivity index (χ3v) is 11.9. The highest BCUT2D eigenvalue weighted by Gasteiger charge is 2.55. The topological polar surface area (TPSA) is 195 Å². The van der Waals surface area contributed by atoms with E-state index in [0.717, 1.165) is 6.42 Å². The van der Waals surface area contributed by atoms with Crippen molar-refractivity contribution in [2.24, 2.45) is 0 Å². The molecule has 0 spiro atoms. The number of ether oxygens (including phenoxy) is 10. The van der Waals surface area contributed by atoms with E-state index in [-0.39, 0.29) is 40.0 Å². The van der Waals surface area contributed by atoms with Crippen LogP contribution in [0.25, 0.3) is 0 Å². The fourth-order valence-corrected chi connectivity index (χ4v) is 8.14. The Labute approximate surface area is 433 Å². The molecule has 0 amide bonds. The molecule has 2 aliphatic heterocycles. The Bertz CT molecular complexity index is 2830. The molecule has 2 heterocycles.